The van der Waals surface area contributed by atoms with Crippen LogP contribution >= 0.6 is 0 Å². The molecule has 0 amide bonds. The van der Waals surface area contributed by atoms with Crippen molar-refractivity contribution in [3.63, 3.8) is 0 Å². The molecule has 0 saturated carbocycles. The summed E-state index contributed by atoms with van der Waals surface area (Å²) >= 11 is 0. The molecule has 0 radical (unpaired) electrons. The number of furan rings is 1. The van der Waals surface area contributed by atoms with E-state index in [1.54, 1.807) is 56.7 Å². The number of carbonyl (C=O) groups excluding carboxylic acids is 2. The van der Waals surface area contributed by atoms with Gasteiger partial charge in [-0.1, -0.05) is 0 Å². The zero-order valence-corrected chi connectivity index (χ0v) is 16.1. The Balaban J connectivity index is 2.01. The molecular formula is C22H22O6. The van der Waals surface area contributed by atoms with Crippen molar-refractivity contribution >= 4 is 22.7 Å². The molecular weight excluding hydrogens is 360 g/mol. The molecule has 0 aliphatic heterocycles. The third-order valence-corrected chi connectivity index (χ3v) is 4.56. The topological polar surface area (TPSA) is 75.0 Å². The number of hydrogen-bond acceptors (Lipinski definition) is 6. The molecule has 28 heavy (non-hydrogen) atoms. The van der Waals surface area contributed by atoms with Crippen LogP contribution in [-0.2, 0) is 16.0 Å². The lowest BCUT2D eigenvalue weighted by molar-refractivity contribution is -0.140. The summed E-state index contributed by atoms with van der Waals surface area (Å²) in [4.78, 5) is 24.7. The Hall–Kier alpha value is -3.28. The van der Waals surface area contributed by atoms with Crippen LogP contribution < -0.4 is 9.47 Å². The summed E-state index contributed by atoms with van der Waals surface area (Å²) in [5.41, 5.74) is 1.62. The number of esters is 1. The van der Waals surface area contributed by atoms with Gasteiger partial charge in [-0.3, -0.25) is 9.59 Å². The molecule has 0 aliphatic carbocycles. The fourth-order valence-electron chi connectivity index (χ4n) is 3.06. The molecule has 0 N–H and O–H groups in total. The van der Waals surface area contributed by atoms with Crippen LogP contribution in [0.5, 0.6) is 11.5 Å². The van der Waals surface area contributed by atoms with E-state index in [9.17, 15) is 9.59 Å². The quantitative estimate of drug-likeness (QED) is 0.430. The third-order valence-electron chi connectivity index (χ3n) is 4.56. The summed E-state index contributed by atoms with van der Waals surface area (Å²) in [5, 5.41) is 0.688. The second-order valence-electron chi connectivity index (χ2n) is 6.25. The van der Waals surface area contributed by atoms with Crippen molar-refractivity contribution in [3.05, 3.63) is 59.4 Å². The van der Waals surface area contributed by atoms with E-state index in [-0.39, 0.29) is 18.2 Å². The van der Waals surface area contributed by atoms with Gasteiger partial charge in [-0.05, 0) is 48.9 Å². The number of fused-ring (bicyclic) bond motifs is 1. The number of benzene rings is 2. The first-order valence-corrected chi connectivity index (χ1v) is 8.92. The summed E-state index contributed by atoms with van der Waals surface area (Å²) in [6, 6.07) is 12.3. The number of rotatable bonds is 8. The number of hydrogen-bond donors (Lipinski definition) is 0. The van der Waals surface area contributed by atoms with Crippen LogP contribution in [0.2, 0.25) is 0 Å². The van der Waals surface area contributed by atoms with Crippen LogP contribution in [0.25, 0.3) is 11.0 Å². The first-order chi connectivity index (χ1) is 13.6. The van der Waals surface area contributed by atoms with Crippen LogP contribution in [0.1, 0.15) is 34.5 Å². The summed E-state index contributed by atoms with van der Waals surface area (Å²) in [6.45, 7) is 0. The maximum absolute atomic E-state index is 13.3. The SMILES string of the molecule is COC(=O)CCCc1oc2ccc(OC)cc2c1C(=O)c1ccc(OC)cc1. The Labute approximate surface area is 163 Å². The fraction of sp³-hybridized carbons (Fsp3) is 0.273. The normalized spacial score (nSPS) is 10.7. The number of ether oxygens (including phenoxy) is 3. The lowest BCUT2D eigenvalue weighted by Gasteiger charge is -2.05. The molecule has 6 nitrogen and oxygen atoms in total. The molecule has 146 valence electrons. The minimum atomic E-state index is -0.291. The van der Waals surface area contributed by atoms with Gasteiger partial charge in [0.2, 0.25) is 0 Å². The molecule has 2 aromatic carbocycles. The first-order valence-electron chi connectivity index (χ1n) is 8.92. The molecule has 3 rings (SSSR count). The predicted molar refractivity (Wildman–Crippen MR) is 104 cm³/mol. The van der Waals surface area contributed by atoms with Crippen LogP contribution in [0.4, 0.5) is 0 Å². The van der Waals surface area contributed by atoms with E-state index in [1.165, 1.54) is 7.11 Å². The molecule has 3 aromatic rings. The van der Waals surface area contributed by atoms with Crippen molar-refractivity contribution in [2.24, 2.45) is 0 Å². The van der Waals surface area contributed by atoms with Crippen LogP contribution in [0.3, 0.4) is 0 Å². The van der Waals surface area contributed by atoms with Gasteiger partial charge in [0.25, 0.3) is 0 Å². The maximum atomic E-state index is 13.3. The second-order valence-corrected chi connectivity index (χ2v) is 6.25. The highest BCUT2D eigenvalue weighted by molar-refractivity contribution is 6.17. The van der Waals surface area contributed by atoms with E-state index < -0.39 is 0 Å². The Kier molecular flexibility index (Phi) is 5.99. The minimum absolute atomic E-state index is 0.150. The molecule has 0 bridgehead atoms. The predicted octanol–water partition coefficient (Wildman–Crippen LogP) is 4.18. The van der Waals surface area contributed by atoms with E-state index in [0.29, 0.717) is 52.2 Å². The highest BCUT2D eigenvalue weighted by Crippen LogP contribution is 2.32. The van der Waals surface area contributed by atoms with Gasteiger partial charge in [0.1, 0.15) is 22.8 Å². The largest absolute Gasteiger partial charge is 0.497 e. The fourth-order valence-corrected chi connectivity index (χ4v) is 3.06. The average Bonchev–Trinajstić information content (AvgIpc) is 3.10. The van der Waals surface area contributed by atoms with Crippen LogP contribution in [0, 0.1) is 0 Å². The highest BCUT2D eigenvalue weighted by atomic mass is 16.5. The molecule has 0 unspecified atom stereocenters. The van der Waals surface area contributed by atoms with Gasteiger partial charge in [-0.15, -0.1) is 0 Å². The van der Waals surface area contributed by atoms with Gasteiger partial charge < -0.3 is 18.6 Å². The lowest BCUT2D eigenvalue weighted by atomic mass is 9.98. The van der Waals surface area contributed by atoms with Crippen molar-refractivity contribution in [1.29, 1.82) is 0 Å². The smallest absolute Gasteiger partial charge is 0.305 e. The first kappa shape index (κ1) is 19.5. The Morgan fingerprint density at radius 3 is 2.25 bits per heavy atom. The van der Waals surface area contributed by atoms with Crippen molar-refractivity contribution < 1.29 is 28.2 Å². The van der Waals surface area contributed by atoms with E-state index >= 15 is 0 Å². The standard InChI is InChI=1S/C22H22O6/c1-25-15-9-7-14(8-10-15)22(24)21-17-13-16(26-2)11-12-18(17)28-19(21)5-4-6-20(23)27-3/h7-13H,4-6H2,1-3H3. The zero-order chi connectivity index (χ0) is 20.1. The second kappa shape index (κ2) is 8.61. The Morgan fingerprint density at radius 2 is 1.61 bits per heavy atom. The van der Waals surface area contributed by atoms with Gasteiger partial charge in [0, 0.05) is 23.8 Å². The summed E-state index contributed by atoms with van der Waals surface area (Å²) < 4.78 is 21.1. The van der Waals surface area contributed by atoms with E-state index in [4.69, 9.17) is 13.9 Å². The molecule has 0 aliphatic rings. The summed E-state index contributed by atoms with van der Waals surface area (Å²) in [5.74, 6) is 1.42. The lowest BCUT2D eigenvalue weighted by Crippen LogP contribution is -2.05. The van der Waals surface area contributed by atoms with Crippen LogP contribution in [0.15, 0.2) is 46.9 Å². The van der Waals surface area contributed by atoms with Gasteiger partial charge in [0.15, 0.2) is 5.78 Å². The Morgan fingerprint density at radius 1 is 0.929 bits per heavy atom. The van der Waals surface area contributed by atoms with Crippen molar-refractivity contribution in [2.45, 2.75) is 19.3 Å². The van der Waals surface area contributed by atoms with E-state index in [2.05, 4.69) is 4.74 Å². The van der Waals surface area contributed by atoms with Crippen molar-refractivity contribution in [3.8, 4) is 11.5 Å². The maximum Gasteiger partial charge on any atom is 0.305 e. The molecule has 0 saturated heterocycles. The molecule has 6 heteroatoms. The van der Waals surface area contributed by atoms with Gasteiger partial charge in [0.05, 0.1) is 26.9 Å². The molecule has 0 fully saturated rings. The highest BCUT2D eigenvalue weighted by Gasteiger charge is 2.22. The molecule has 0 atom stereocenters. The van der Waals surface area contributed by atoms with Gasteiger partial charge >= 0.3 is 5.97 Å². The number of carbonyl (C=O) groups is 2. The number of methoxy groups -OCH3 is 3. The van der Waals surface area contributed by atoms with Crippen LogP contribution in [-0.4, -0.2) is 33.1 Å². The van der Waals surface area contributed by atoms with Gasteiger partial charge in [-0.2, -0.15) is 0 Å². The average molecular weight is 382 g/mol. The molecule has 1 aromatic heterocycles. The third kappa shape index (κ3) is 4.01. The van der Waals surface area contributed by atoms with E-state index in [1.807, 2.05) is 0 Å². The zero-order valence-electron chi connectivity index (χ0n) is 16.1. The van der Waals surface area contributed by atoms with Crippen molar-refractivity contribution in [1.82, 2.24) is 0 Å². The molecule has 0 spiro atoms. The summed E-state index contributed by atoms with van der Waals surface area (Å²) in [7, 11) is 4.50. The molecule has 1 heterocycles. The van der Waals surface area contributed by atoms with E-state index in [0.717, 1.165) is 0 Å². The number of aryl methyl sites for hydroxylation is 1. The van der Waals surface area contributed by atoms with Gasteiger partial charge in [-0.25, -0.2) is 0 Å². The summed E-state index contributed by atoms with van der Waals surface area (Å²) in [6.07, 6.45) is 1.23. The Bertz CT molecular complexity index is 984. The van der Waals surface area contributed by atoms with Crippen molar-refractivity contribution in [2.75, 3.05) is 21.3 Å². The number of ketones is 1. The minimum Gasteiger partial charge on any atom is -0.497 e. The monoisotopic (exact) mass is 382 g/mol.